The Morgan fingerprint density at radius 3 is 2.94 bits per heavy atom. The maximum absolute atomic E-state index is 10.9. The van der Waals surface area contributed by atoms with Gasteiger partial charge in [-0.2, -0.15) is 0 Å². The molecule has 0 spiro atoms. The molecule has 5 nitrogen and oxygen atoms in total. The first kappa shape index (κ1) is 11.8. The molecule has 2 heterocycles. The minimum absolute atomic E-state index is 0.349. The molecule has 2 aromatic heterocycles. The molecule has 0 saturated carbocycles. The summed E-state index contributed by atoms with van der Waals surface area (Å²) >= 11 is 1.26. The third-order valence-corrected chi connectivity index (χ3v) is 3.66. The Morgan fingerprint density at radius 1 is 1.59 bits per heavy atom. The minimum atomic E-state index is -0.890. The van der Waals surface area contributed by atoms with Crippen LogP contribution in [0.3, 0.4) is 0 Å². The highest BCUT2D eigenvalue weighted by molar-refractivity contribution is 7.17. The van der Waals surface area contributed by atoms with Crippen molar-refractivity contribution >= 4 is 17.3 Å². The number of aromatic nitrogens is 3. The number of aryl methyl sites for hydroxylation is 2. The fourth-order valence-electron chi connectivity index (χ4n) is 1.65. The molecule has 1 N–H and O–H groups in total. The number of carboxylic acids is 1. The van der Waals surface area contributed by atoms with Crippen LogP contribution in [-0.2, 0) is 6.54 Å². The first-order chi connectivity index (χ1) is 8.13. The van der Waals surface area contributed by atoms with Crippen molar-refractivity contribution in [1.29, 1.82) is 0 Å². The summed E-state index contributed by atoms with van der Waals surface area (Å²) < 4.78 is 1.81. The lowest BCUT2D eigenvalue weighted by Crippen LogP contribution is -2.01. The number of carboxylic acid groups (broad SMARTS) is 1. The lowest BCUT2D eigenvalue weighted by molar-refractivity contribution is 0.0702. The lowest BCUT2D eigenvalue weighted by Gasteiger charge is -2.02. The normalized spacial score (nSPS) is 10.7. The fourth-order valence-corrected chi connectivity index (χ4v) is 2.68. The Bertz CT molecular complexity index is 545. The third-order valence-electron chi connectivity index (χ3n) is 2.41. The van der Waals surface area contributed by atoms with Crippen molar-refractivity contribution in [1.82, 2.24) is 15.0 Å². The minimum Gasteiger partial charge on any atom is -0.477 e. The van der Waals surface area contributed by atoms with Crippen molar-refractivity contribution in [3.8, 4) is 10.6 Å². The van der Waals surface area contributed by atoms with E-state index in [-0.39, 0.29) is 0 Å². The molecule has 90 valence electrons. The number of thiophene rings is 1. The highest BCUT2D eigenvalue weighted by Crippen LogP contribution is 2.31. The van der Waals surface area contributed by atoms with Gasteiger partial charge in [0.1, 0.15) is 4.88 Å². The van der Waals surface area contributed by atoms with Gasteiger partial charge < -0.3 is 5.11 Å². The Kier molecular flexibility index (Phi) is 3.23. The van der Waals surface area contributed by atoms with Crippen molar-refractivity contribution in [2.75, 3.05) is 0 Å². The molecule has 2 aromatic rings. The summed E-state index contributed by atoms with van der Waals surface area (Å²) in [5, 5.41) is 16.9. The molecule has 0 aliphatic rings. The van der Waals surface area contributed by atoms with Gasteiger partial charge in [0.25, 0.3) is 0 Å². The van der Waals surface area contributed by atoms with Crippen molar-refractivity contribution in [2.45, 2.75) is 26.8 Å². The largest absolute Gasteiger partial charge is 0.477 e. The molecular weight excluding hydrogens is 238 g/mol. The van der Waals surface area contributed by atoms with Crippen LogP contribution in [0.4, 0.5) is 0 Å². The van der Waals surface area contributed by atoms with Gasteiger partial charge in [0.2, 0.25) is 0 Å². The summed E-state index contributed by atoms with van der Waals surface area (Å²) in [7, 11) is 0. The average molecular weight is 251 g/mol. The standard InChI is InChI=1S/C11H13N3O2S/c1-3-4-14-8(6-12-13-14)10-7(2)5-9(17-10)11(15)16/h5-6H,3-4H2,1-2H3,(H,15,16). The Balaban J connectivity index is 2.45. The van der Waals surface area contributed by atoms with Crippen LogP contribution in [0.15, 0.2) is 12.3 Å². The van der Waals surface area contributed by atoms with Crippen molar-refractivity contribution < 1.29 is 9.90 Å². The SMILES string of the molecule is CCCn1nncc1-c1sc(C(=O)O)cc1C. The van der Waals surface area contributed by atoms with Crippen molar-refractivity contribution in [3.05, 3.63) is 22.7 Å². The highest BCUT2D eigenvalue weighted by atomic mass is 32.1. The van der Waals surface area contributed by atoms with E-state index in [1.807, 2.05) is 11.6 Å². The number of carbonyl (C=O) groups is 1. The Hall–Kier alpha value is -1.69. The molecular formula is C11H13N3O2S. The summed E-state index contributed by atoms with van der Waals surface area (Å²) in [4.78, 5) is 12.2. The zero-order chi connectivity index (χ0) is 12.4. The maximum Gasteiger partial charge on any atom is 0.345 e. The van der Waals surface area contributed by atoms with E-state index in [4.69, 9.17) is 5.11 Å². The van der Waals surface area contributed by atoms with Crippen LogP contribution in [0.2, 0.25) is 0 Å². The van der Waals surface area contributed by atoms with Crippen LogP contribution in [-0.4, -0.2) is 26.1 Å². The van der Waals surface area contributed by atoms with Crippen molar-refractivity contribution in [2.24, 2.45) is 0 Å². The number of rotatable bonds is 4. The Morgan fingerprint density at radius 2 is 2.35 bits per heavy atom. The van der Waals surface area contributed by atoms with E-state index in [0.717, 1.165) is 29.1 Å². The van der Waals surface area contributed by atoms with E-state index >= 15 is 0 Å². The zero-order valence-electron chi connectivity index (χ0n) is 9.67. The third kappa shape index (κ3) is 2.21. The second-order valence-electron chi connectivity index (χ2n) is 3.77. The fraction of sp³-hybridized carbons (Fsp3) is 0.364. The van der Waals surface area contributed by atoms with Gasteiger partial charge in [0, 0.05) is 6.54 Å². The number of aromatic carboxylic acids is 1. The van der Waals surface area contributed by atoms with Crippen molar-refractivity contribution in [3.63, 3.8) is 0 Å². The average Bonchev–Trinajstić information content (AvgIpc) is 2.85. The van der Waals surface area contributed by atoms with Crippen LogP contribution in [0.5, 0.6) is 0 Å². The summed E-state index contributed by atoms with van der Waals surface area (Å²) in [5.74, 6) is -0.890. The molecule has 0 saturated heterocycles. The molecule has 0 aliphatic heterocycles. The van der Waals surface area contributed by atoms with Crippen LogP contribution in [0.1, 0.15) is 28.6 Å². The molecule has 0 aliphatic carbocycles. The smallest absolute Gasteiger partial charge is 0.345 e. The highest BCUT2D eigenvalue weighted by Gasteiger charge is 2.15. The van der Waals surface area contributed by atoms with Gasteiger partial charge in [-0.3, -0.25) is 0 Å². The molecule has 17 heavy (non-hydrogen) atoms. The van der Waals surface area contributed by atoms with Gasteiger partial charge >= 0.3 is 5.97 Å². The van der Waals surface area contributed by atoms with E-state index in [1.165, 1.54) is 11.3 Å². The zero-order valence-corrected chi connectivity index (χ0v) is 10.5. The van der Waals surface area contributed by atoms with Gasteiger partial charge in [-0.05, 0) is 25.0 Å². The molecule has 0 aromatic carbocycles. The molecule has 6 heteroatoms. The molecule has 0 bridgehead atoms. The quantitative estimate of drug-likeness (QED) is 0.906. The summed E-state index contributed by atoms with van der Waals surface area (Å²) in [6, 6.07) is 1.69. The van der Waals surface area contributed by atoms with E-state index < -0.39 is 5.97 Å². The van der Waals surface area contributed by atoms with Crippen LogP contribution in [0.25, 0.3) is 10.6 Å². The predicted octanol–water partition coefficient (Wildman–Crippen LogP) is 2.42. The molecule has 0 fully saturated rings. The number of hydrogen-bond acceptors (Lipinski definition) is 4. The monoisotopic (exact) mass is 251 g/mol. The van der Waals surface area contributed by atoms with Crippen LogP contribution >= 0.6 is 11.3 Å². The molecule has 0 atom stereocenters. The van der Waals surface area contributed by atoms with Crippen LogP contribution < -0.4 is 0 Å². The van der Waals surface area contributed by atoms with Gasteiger partial charge in [0.15, 0.2) is 0 Å². The van der Waals surface area contributed by atoms with E-state index in [0.29, 0.717) is 4.88 Å². The number of nitrogens with zero attached hydrogens (tertiary/aromatic N) is 3. The predicted molar refractivity (Wildman–Crippen MR) is 65.3 cm³/mol. The van der Waals surface area contributed by atoms with Gasteiger partial charge in [-0.15, -0.1) is 16.4 Å². The molecule has 0 unspecified atom stereocenters. The lowest BCUT2D eigenvalue weighted by atomic mass is 10.2. The van der Waals surface area contributed by atoms with E-state index in [9.17, 15) is 4.79 Å². The van der Waals surface area contributed by atoms with E-state index in [2.05, 4.69) is 17.2 Å². The second-order valence-corrected chi connectivity index (χ2v) is 4.82. The molecule has 2 rings (SSSR count). The summed E-state index contributed by atoms with van der Waals surface area (Å²) in [6.07, 6.45) is 2.65. The summed E-state index contributed by atoms with van der Waals surface area (Å²) in [5.41, 5.74) is 1.84. The first-order valence-corrected chi connectivity index (χ1v) is 6.17. The maximum atomic E-state index is 10.9. The summed E-state index contributed by atoms with van der Waals surface area (Å²) in [6.45, 7) is 4.76. The molecule has 0 amide bonds. The molecule has 0 radical (unpaired) electrons. The van der Waals surface area contributed by atoms with Crippen LogP contribution in [0, 0.1) is 6.92 Å². The van der Waals surface area contributed by atoms with Gasteiger partial charge in [-0.1, -0.05) is 12.1 Å². The second kappa shape index (κ2) is 4.67. The Labute approximate surface area is 103 Å². The first-order valence-electron chi connectivity index (χ1n) is 5.36. The number of hydrogen-bond donors (Lipinski definition) is 1. The van der Waals surface area contributed by atoms with Gasteiger partial charge in [-0.25, -0.2) is 9.48 Å². The van der Waals surface area contributed by atoms with E-state index in [1.54, 1.807) is 12.3 Å². The topological polar surface area (TPSA) is 68.0 Å². The van der Waals surface area contributed by atoms with Gasteiger partial charge in [0.05, 0.1) is 16.8 Å².